The minimum atomic E-state index is -1.04. The molecule has 27 heavy (non-hydrogen) atoms. The normalized spacial score (nSPS) is 23.9. The number of rotatable bonds is 5. The largest absolute Gasteiger partial charge is 0.351 e. The number of likely N-dealkylation sites (N-methyl/N-ethyl adjacent to an activating group) is 1. The minimum absolute atomic E-state index is 0.0251. The molecule has 1 aromatic heterocycles. The first-order valence-corrected chi connectivity index (χ1v) is 9.74. The zero-order chi connectivity index (χ0) is 19.8. The Labute approximate surface area is 159 Å². The quantitative estimate of drug-likeness (QED) is 0.811. The summed E-state index contributed by atoms with van der Waals surface area (Å²) in [4.78, 5) is 39.6. The molecular formula is C19H29N5O3. The molecule has 0 aromatic carbocycles. The molecule has 2 heterocycles. The Balaban J connectivity index is 1.82. The molecule has 2 atom stereocenters. The molecule has 3 amide bonds. The summed E-state index contributed by atoms with van der Waals surface area (Å²) in [6.45, 7) is 5.87. The summed E-state index contributed by atoms with van der Waals surface area (Å²) in [5.74, 6) is -0.781. The molecule has 0 spiro atoms. The van der Waals surface area contributed by atoms with Gasteiger partial charge in [0.25, 0.3) is 11.8 Å². The van der Waals surface area contributed by atoms with Crippen LogP contribution in [0.15, 0.2) is 6.07 Å². The third-order valence-corrected chi connectivity index (χ3v) is 5.90. The van der Waals surface area contributed by atoms with Gasteiger partial charge in [-0.15, -0.1) is 0 Å². The van der Waals surface area contributed by atoms with Crippen LogP contribution in [-0.4, -0.2) is 57.1 Å². The third-order valence-electron chi connectivity index (χ3n) is 5.90. The first kappa shape index (κ1) is 19.4. The zero-order valence-electron chi connectivity index (χ0n) is 16.5. The van der Waals surface area contributed by atoms with E-state index in [4.69, 9.17) is 0 Å². The summed E-state index contributed by atoms with van der Waals surface area (Å²) < 4.78 is 1.49. The predicted molar refractivity (Wildman–Crippen MR) is 100 cm³/mol. The van der Waals surface area contributed by atoms with Gasteiger partial charge in [-0.25, -0.2) is 0 Å². The Morgan fingerprint density at radius 1 is 1.37 bits per heavy atom. The van der Waals surface area contributed by atoms with Crippen LogP contribution in [-0.2, 0) is 11.3 Å². The van der Waals surface area contributed by atoms with Gasteiger partial charge in [-0.3, -0.25) is 19.1 Å². The van der Waals surface area contributed by atoms with Crippen molar-refractivity contribution in [3.05, 3.63) is 17.5 Å². The monoisotopic (exact) mass is 375 g/mol. The Kier molecular flexibility index (Phi) is 5.26. The van der Waals surface area contributed by atoms with Gasteiger partial charge in [-0.2, -0.15) is 5.10 Å². The van der Waals surface area contributed by atoms with Crippen LogP contribution in [0.1, 0.15) is 73.9 Å². The van der Waals surface area contributed by atoms with Gasteiger partial charge in [0.05, 0.1) is 6.54 Å². The highest BCUT2D eigenvalue weighted by Crippen LogP contribution is 2.27. The number of hydrogen-bond donors (Lipinski definition) is 2. The van der Waals surface area contributed by atoms with Crippen molar-refractivity contribution < 1.29 is 14.4 Å². The fourth-order valence-corrected chi connectivity index (χ4v) is 3.65. The van der Waals surface area contributed by atoms with Crippen molar-refractivity contribution in [3.63, 3.8) is 0 Å². The smallest absolute Gasteiger partial charge is 0.272 e. The van der Waals surface area contributed by atoms with Gasteiger partial charge >= 0.3 is 0 Å². The number of nitrogens with zero attached hydrogens (tertiary/aromatic N) is 3. The molecule has 0 unspecified atom stereocenters. The molecule has 2 N–H and O–H groups in total. The number of aromatic nitrogens is 2. The van der Waals surface area contributed by atoms with E-state index >= 15 is 0 Å². The minimum Gasteiger partial charge on any atom is -0.351 e. The number of fused-ring (bicyclic) bond motifs is 1. The second kappa shape index (κ2) is 7.32. The van der Waals surface area contributed by atoms with E-state index in [0.29, 0.717) is 5.69 Å². The fourth-order valence-electron chi connectivity index (χ4n) is 3.65. The lowest BCUT2D eigenvalue weighted by Gasteiger charge is -2.41. The van der Waals surface area contributed by atoms with Crippen LogP contribution < -0.4 is 10.6 Å². The van der Waals surface area contributed by atoms with Crippen molar-refractivity contribution in [1.29, 1.82) is 0 Å². The second-order valence-corrected chi connectivity index (χ2v) is 7.95. The highest BCUT2D eigenvalue weighted by molar-refractivity contribution is 6.01. The fraction of sp³-hybridized carbons (Fsp3) is 0.684. The van der Waals surface area contributed by atoms with Crippen molar-refractivity contribution in [2.45, 2.75) is 77.0 Å². The van der Waals surface area contributed by atoms with Gasteiger partial charge in [0.2, 0.25) is 5.91 Å². The summed E-state index contributed by atoms with van der Waals surface area (Å²) in [5, 5.41) is 10.2. The Bertz CT molecular complexity index is 753. The summed E-state index contributed by atoms with van der Waals surface area (Å²) in [6.07, 6.45) is 5.00. The molecule has 1 fully saturated rings. The molecule has 2 aliphatic rings. The number of carbonyl (C=O) groups excluding carboxylic acids is 3. The Hall–Kier alpha value is -2.38. The van der Waals surface area contributed by atoms with Crippen molar-refractivity contribution >= 4 is 17.7 Å². The average Bonchev–Trinajstić information content (AvgIpc) is 3.29. The van der Waals surface area contributed by atoms with E-state index in [2.05, 4.69) is 15.7 Å². The first-order chi connectivity index (χ1) is 12.8. The van der Waals surface area contributed by atoms with Crippen molar-refractivity contribution in [2.24, 2.45) is 0 Å². The van der Waals surface area contributed by atoms with Crippen LogP contribution in [0.5, 0.6) is 0 Å². The molecule has 1 aliphatic heterocycles. The van der Waals surface area contributed by atoms with Gasteiger partial charge in [-0.05, 0) is 33.1 Å². The number of carbonyl (C=O) groups is 3. The van der Waals surface area contributed by atoms with E-state index in [-0.39, 0.29) is 42.0 Å². The lowest BCUT2D eigenvalue weighted by Crippen LogP contribution is -2.63. The molecule has 0 bridgehead atoms. The van der Waals surface area contributed by atoms with E-state index in [9.17, 15) is 14.4 Å². The molecule has 3 rings (SSSR count). The topological polar surface area (TPSA) is 96.3 Å². The highest BCUT2D eigenvalue weighted by atomic mass is 16.2. The SMILES string of the molecule is CC[C@H](C)NC(=O)c1cc2n(n1)C[C@@](C)(C(=O)NC1CCCC1)N(C)C2=O. The summed E-state index contributed by atoms with van der Waals surface area (Å²) in [6, 6.07) is 1.70. The Morgan fingerprint density at radius 2 is 2.04 bits per heavy atom. The third kappa shape index (κ3) is 3.57. The van der Waals surface area contributed by atoms with Crippen molar-refractivity contribution in [3.8, 4) is 0 Å². The van der Waals surface area contributed by atoms with Gasteiger partial charge in [0.15, 0.2) is 5.69 Å². The van der Waals surface area contributed by atoms with E-state index in [1.165, 1.54) is 15.6 Å². The standard InChI is InChI=1S/C19H29N5O3/c1-5-12(2)20-16(25)14-10-15-17(26)23(4)19(3,11-24(15)22-14)18(27)21-13-8-6-7-9-13/h10,12-13H,5-9,11H2,1-4H3,(H,20,25)(H,21,27)/t12-,19-/m0/s1. The average molecular weight is 375 g/mol. The van der Waals surface area contributed by atoms with E-state index in [1.807, 2.05) is 13.8 Å². The summed E-state index contributed by atoms with van der Waals surface area (Å²) >= 11 is 0. The van der Waals surface area contributed by atoms with E-state index in [1.54, 1.807) is 14.0 Å². The second-order valence-electron chi connectivity index (χ2n) is 7.95. The van der Waals surface area contributed by atoms with Gasteiger partial charge in [0, 0.05) is 25.2 Å². The maximum atomic E-state index is 12.9. The van der Waals surface area contributed by atoms with Crippen LogP contribution in [0.4, 0.5) is 0 Å². The summed E-state index contributed by atoms with van der Waals surface area (Å²) in [5.41, 5.74) is -0.506. The van der Waals surface area contributed by atoms with Crippen LogP contribution >= 0.6 is 0 Å². The zero-order valence-corrected chi connectivity index (χ0v) is 16.5. The predicted octanol–water partition coefficient (Wildman–Crippen LogP) is 1.31. The van der Waals surface area contributed by atoms with Crippen molar-refractivity contribution in [1.82, 2.24) is 25.3 Å². The number of hydrogen-bond acceptors (Lipinski definition) is 4. The maximum absolute atomic E-state index is 12.9. The number of nitrogens with one attached hydrogen (secondary N) is 2. The Morgan fingerprint density at radius 3 is 2.67 bits per heavy atom. The van der Waals surface area contributed by atoms with E-state index < -0.39 is 5.54 Å². The molecule has 1 saturated carbocycles. The molecular weight excluding hydrogens is 346 g/mol. The van der Waals surface area contributed by atoms with Crippen molar-refractivity contribution in [2.75, 3.05) is 7.05 Å². The highest BCUT2D eigenvalue weighted by Gasteiger charge is 2.46. The van der Waals surface area contributed by atoms with Crippen LogP contribution in [0.3, 0.4) is 0 Å². The summed E-state index contributed by atoms with van der Waals surface area (Å²) in [7, 11) is 1.63. The molecule has 0 radical (unpaired) electrons. The van der Waals surface area contributed by atoms with Crippen LogP contribution in [0, 0.1) is 0 Å². The maximum Gasteiger partial charge on any atom is 0.272 e. The van der Waals surface area contributed by atoms with Gasteiger partial charge < -0.3 is 15.5 Å². The lowest BCUT2D eigenvalue weighted by molar-refractivity contribution is -0.133. The van der Waals surface area contributed by atoms with Crippen LogP contribution in [0.25, 0.3) is 0 Å². The number of amides is 3. The molecule has 8 nitrogen and oxygen atoms in total. The van der Waals surface area contributed by atoms with Crippen LogP contribution in [0.2, 0.25) is 0 Å². The molecule has 148 valence electrons. The first-order valence-electron chi connectivity index (χ1n) is 9.74. The molecule has 1 aliphatic carbocycles. The molecule has 1 aromatic rings. The molecule has 0 saturated heterocycles. The molecule has 8 heteroatoms. The van der Waals surface area contributed by atoms with E-state index in [0.717, 1.165) is 32.1 Å². The van der Waals surface area contributed by atoms with Gasteiger partial charge in [-0.1, -0.05) is 19.8 Å². The lowest BCUT2D eigenvalue weighted by atomic mass is 9.95. The van der Waals surface area contributed by atoms with Gasteiger partial charge in [0.1, 0.15) is 11.2 Å².